The van der Waals surface area contributed by atoms with Gasteiger partial charge in [-0.1, -0.05) is 36.4 Å². The zero-order chi connectivity index (χ0) is 18.3. The van der Waals surface area contributed by atoms with E-state index >= 15 is 0 Å². The van der Waals surface area contributed by atoms with Gasteiger partial charge in [-0.05, 0) is 24.3 Å². The van der Waals surface area contributed by atoms with Gasteiger partial charge in [0.1, 0.15) is 0 Å². The highest BCUT2D eigenvalue weighted by molar-refractivity contribution is 8.17. The minimum absolute atomic E-state index is 0.704. The highest BCUT2D eigenvalue weighted by atomic mass is 32.2. The first-order chi connectivity index (χ1) is 11.9. The quantitative estimate of drug-likeness (QED) is 0.350. The Bertz CT molecular complexity index is 622. The fourth-order valence-corrected chi connectivity index (χ4v) is 4.94. The third-order valence-electron chi connectivity index (χ3n) is 3.35. The molecular formula is C18H17F3O2S2. The molecule has 0 saturated carbocycles. The number of hydrogen-bond acceptors (Lipinski definition) is 4. The van der Waals surface area contributed by atoms with Gasteiger partial charge in [0.2, 0.25) is 0 Å². The summed E-state index contributed by atoms with van der Waals surface area (Å²) in [6.45, 7) is 0. The summed E-state index contributed by atoms with van der Waals surface area (Å²) in [5.74, 6) is -2.69. The molecule has 0 amide bonds. The zero-order valence-electron chi connectivity index (χ0n) is 13.4. The number of esters is 1. The third-order valence-corrected chi connectivity index (χ3v) is 6.14. The summed E-state index contributed by atoms with van der Waals surface area (Å²) >= 11 is 2.21. The minimum Gasteiger partial charge on any atom is -0.469 e. The van der Waals surface area contributed by atoms with Crippen molar-refractivity contribution in [3.63, 3.8) is 0 Å². The molecule has 0 bridgehead atoms. The zero-order valence-corrected chi connectivity index (χ0v) is 15.0. The summed E-state index contributed by atoms with van der Waals surface area (Å²) in [6, 6.07) is 17.7. The van der Waals surface area contributed by atoms with Crippen molar-refractivity contribution in [2.24, 2.45) is 5.92 Å². The minimum atomic E-state index is -4.51. The highest BCUT2D eigenvalue weighted by Gasteiger charge is 2.47. The molecule has 0 aromatic heterocycles. The van der Waals surface area contributed by atoms with E-state index in [1.165, 1.54) is 0 Å². The number of methoxy groups -OCH3 is 1. The molecule has 0 saturated heterocycles. The molecule has 0 heterocycles. The predicted octanol–water partition coefficient (Wildman–Crippen LogP) is 5.64. The number of rotatable bonds is 7. The van der Waals surface area contributed by atoms with Gasteiger partial charge in [0, 0.05) is 9.79 Å². The van der Waals surface area contributed by atoms with E-state index in [1.54, 1.807) is 60.7 Å². The van der Waals surface area contributed by atoms with Crippen LogP contribution in [0.15, 0.2) is 70.5 Å². The first-order valence-corrected chi connectivity index (χ1v) is 9.23. The van der Waals surface area contributed by atoms with Crippen LogP contribution in [-0.2, 0) is 9.53 Å². The normalized spacial score (nSPS) is 12.8. The molecule has 0 fully saturated rings. The molecule has 2 aromatic carbocycles. The molecule has 0 radical (unpaired) electrons. The van der Waals surface area contributed by atoms with E-state index < -0.39 is 29.1 Å². The van der Waals surface area contributed by atoms with Crippen LogP contribution in [0.3, 0.4) is 0 Å². The maximum Gasteiger partial charge on any atom is 0.394 e. The largest absolute Gasteiger partial charge is 0.469 e. The first kappa shape index (κ1) is 19.7. The number of halogens is 3. The summed E-state index contributed by atoms with van der Waals surface area (Å²) in [4.78, 5) is 13.0. The summed E-state index contributed by atoms with van der Waals surface area (Å²) < 4.78 is 44.5. The molecule has 2 nitrogen and oxygen atoms in total. The van der Waals surface area contributed by atoms with Gasteiger partial charge >= 0.3 is 12.1 Å². The number of carbonyl (C=O) groups is 1. The topological polar surface area (TPSA) is 26.3 Å². The maximum absolute atomic E-state index is 13.6. The lowest BCUT2D eigenvalue weighted by molar-refractivity contribution is -0.179. The summed E-state index contributed by atoms with van der Waals surface area (Å²) in [5.41, 5.74) is 0. The number of benzene rings is 2. The summed E-state index contributed by atoms with van der Waals surface area (Å²) in [7, 11) is 1.10. The number of thioether (sulfide) groups is 2. The van der Waals surface area contributed by atoms with Gasteiger partial charge in [0.05, 0.1) is 24.0 Å². The van der Waals surface area contributed by atoms with Crippen LogP contribution in [0, 0.1) is 5.92 Å². The van der Waals surface area contributed by atoms with Crippen LogP contribution in [0.2, 0.25) is 0 Å². The standard InChI is InChI=1S/C18H17F3O2S2/c1-23-16(22)12-15(18(19,20)21)17(24-13-8-4-2-5-9-13)25-14-10-6-3-7-11-14/h2-11,15,17H,12H2,1H3. The van der Waals surface area contributed by atoms with E-state index in [0.29, 0.717) is 0 Å². The van der Waals surface area contributed by atoms with E-state index in [-0.39, 0.29) is 0 Å². The Morgan fingerprint density at radius 1 is 0.960 bits per heavy atom. The average Bonchev–Trinajstić information content (AvgIpc) is 2.59. The molecule has 25 heavy (non-hydrogen) atoms. The van der Waals surface area contributed by atoms with Gasteiger partial charge in [-0.3, -0.25) is 4.79 Å². The van der Waals surface area contributed by atoms with Crippen molar-refractivity contribution >= 4 is 29.5 Å². The van der Waals surface area contributed by atoms with Crippen molar-refractivity contribution < 1.29 is 22.7 Å². The number of ether oxygens (including phenoxy) is 1. The van der Waals surface area contributed by atoms with Crippen molar-refractivity contribution in [1.29, 1.82) is 0 Å². The van der Waals surface area contributed by atoms with Crippen LogP contribution in [0.1, 0.15) is 6.42 Å². The van der Waals surface area contributed by atoms with Gasteiger partial charge in [-0.15, -0.1) is 23.5 Å². The Morgan fingerprint density at radius 3 is 1.76 bits per heavy atom. The molecule has 2 aromatic rings. The molecule has 0 N–H and O–H groups in total. The Kier molecular flexibility index (Phi) is 7.25. The molecule has 1 unspecified atom stereocenters. The van der Waals surface area contributed by atoms with Crippen molar-refractivity contribution in [3.8, 4) is 0 Å². The molecule has 1 atom stereocenters. The maximum atomic E-state index is 13.6. The highest BCUT2D eigenvalue weighted by Crippen LogP contribution is 2.47. The molecule has 0 aliphatic rings. The third kappa shape index (κ3) is 6.32. The van der Waals surface area contributed by atoms with Crippen molar-refractivity contribution in [1.82, 2.24) is 0 Å². The number of hydrogen-bond donors (Lipinski definition) is 0. The molecule has 2 rings (SSSR count). The second kappa shape index (κ2) is 9.20. The smallest absolute Gasteiger partial charge is 0.394 e. The lowest BCUT2D eigenvalue weighted by atomic mass is 10.1. The number of alkyl halides is 3. The van der Waals surface area contributed by atoms with Crippen LogP contribution in [-0.4, -0.2) is 23.8 Å². The van der Waals surface area contributed by atoms with E-state index in [1.807, 2.05) is 0 Å². The lowest BCUT2D eigenvalue weighted by Crippen LogP contribution is -2.33. The van der Waals surface area contributed by atoms with Crippen molar-refractivity contribution in [2.45, 2.75) is 27.0 Å². The van der Waals surface area contributed by atoms with Crippen LogP contribution in [0.25, 0.3) is 0 Å². The first-order valence-electron chi connectivity index (χ1n) is 7.47. The van der Waals surface area contributed by atoms with Gasteiger partial charge in [-0.25, -0.2) is 0 Å². The van der Waals surface area contributed by atoms with Crippen LogP contribution in [0.4, 0.5) is 13.2 Å². The molecule has 0 aliphatic heterocycles. The molecule has 134 valence electrons. The van der Waals surface area contributed by atoms with Crippen LogP contribution in [0.5, 0.6) is 0 Å². The second-order valence-electron chi connectivity index (χ2n) is 5.16. The molecule has 0 spiro atoms. The van der Waals surface area contributed by atoms with Gasteiger partial charge in [0.15, 0.2) is 0 Å². The van der Waals surface area contributed by atoms with Crippen molar-refractivity contribution in [3.05, 3.63) is 60.7 Å². The summed E-state index contributed by atoms with van der Waals surface area (Å²) in [6.07, 6.45) is -5.22. The van der Waals surface area contributed by atoms with E-state index in [0.717, 1.165) is 40.4 Å². The van der Waals surface area contributed by atoms with E-state index in [4.69, 9.17) is 0 Å². The molecular weight excluding hydrogens is 369 g/mol. The second-order valence-corrected chi connectivity index (χ2v) is 7.89. The van der Waals surface area contributed by atoms with Gasteiger partial charge in [-0.2, -0.15) is 13.2 Å². The predicted molar refractivity (Wildman–Crippen MR) is 94.6 cm³/mol. The monoisotopic (exact) mass is 386 g/mol. The Balaban J connectivity index is 2.30. The van der Waals surface area contributed by atoms with Crippen molar-refractivity contribution in [2.75, 3.05) is 7.11 Å². The van der Waals surface area contributed by atoms with Crippen LogP contribution < -0.4 is 0 Å². The van der Waals surface area contributed by atoms with Gasteiger partial charge < -0.3 is 4.74 Å². The molecule has 0 aliphatic carbocycles. The molecule has 7 heteroatoms. The Labute approximate surface area is 153 Å². The Morgan fingerprint density at radius 2 is 1.40 bits per heavy atom. The number of carbonyl (C=O) groups excluding carboxylic acids is 1. The fraction of sp³-hybridized carbons (Fsp3) is 0.278. The summed E-state index contributed by atoms with van der Waals surface area (Å²) in [5, 5.41) is 0. The lowest BCUT2D eigenvalue weighted by Gasteiger charge is -2.27. The Hall–Kier alpha value is -1.60. The van der Waals surface area contributed by atoms with E-state index in [2.05, 4.69) is 4.74 Å². The fourth-order valence-electron chi connectivity index (χ4n) is 2.08. The average molecular weight is 386 g/mol. The SMILES string of the molecule is COC(=O)CC(C(Sc1ccccc1)Sc1ccccc1)C(F)(F)F. The van der Waals surface area contributed by atoms with Gasteiger partial charge in [0.25, 0.3) is 0 Å². The van der Waals surface area contributed by atoms with E-state index in [9.17, 15) is 18.0 Å². The van der Waals surface area contributed by atoms with Crippen LogP contribution >= 0.6 is 23.5 Å².